The third-order valence-corrected chi connectivity index (χ3v) is 8.78. The zero-order valence-electron chi connectivity index (χ0n) is 16.9. The van der Waals surface area contributed by atoms with E-state index in [0.717, 1.165) is 19.1 Å². The van der Waals surface area contributed by atoms with Crippen molar-refractivity contribution in [1.29, 1.82) is 0 Å². The number of carbonyl (C=O) groups excluding carboxylic acids is 1. The third-order valence-electron chi connectivity index (χ3n) is 8.78. The summed E-state index contributed by atoms with van der Waals surface area (Å²) >= 11 is 0. The summed E-state index contributed by atoms with van der Waals surface area (Å²) in [5, 5.41) is 9.68. The van der Waals surface area contributed by atoms with E-state index in [9.17, 15) is 9.90 Å². The Hall–Kier alpha value is -1.13. The van der Waals surface area contributed by atoms with Crippen molar-refractivity contribution in [2.45, 2.75) is 77.8 Å². The van der Waals surface area contributed by atoms with Gasteiger partial charge in [0, 0.05) is 17.9 Å². The second-order valence-corrected chi connectivity index (χ2v) is 10.6. The summed E-state index contributed by atoms with van der Waals surface area (Å²) in [6, 6.07) is 0. The van der Waals surface area contributed by atoms with Crippen molar-refractivity contribution in [2.24, 2.45) is 34.5 Å². The number of Topliss-reactive ketones (excluding diaryl/α,β-unsaturated/α-hetero) is 1. The highest BCUT2D eigenvalue weighted by molar-refractivity contribution is 5.96. The maximum absolute atomic E-state index is 12.6. The number of hydrogen-bond donors (Lipinski definition) is 1. The Labute approximate surface area is 162 Å². The first kappa shape index (κ1) is 17.9. The second-order valence-electron chi connectivity index (χ2n) is 10.6. The van der Waals surface area contributed by atoms with Gasteiger partial charge in [-0.05, 0) is 68.1 Å². The van der Waals surface area contributed by atoms with Gasteiger partial charge in [0.1, 0.15) is 0 Å². The highest BCUT2D eigenvalue weighted by Gasteiger charge is 2.67. The summed E-state index contributed by atoms with van der Waals surface area (Å²) < 4.78 is 13.0. The van der Waals surface area contributed by atoms with Gasteiger partial charge >= 0.3 is 0 Å². The number of hydrogen-bond acceptors (Lipinski definition) is 4. The third kappa shape index (κ3) is 2.32. The van der Waals surface area contributed by atoms with Crippen LogP contribution in [0.15, 0.2) is 24.0 Å². The van der Waals surface area contributed by atoms with Crippen molar-refractivity contribution >= 4 is 5.78 Å². The van der Waals surface area contributed by atoms with E-state index in [2.05, 4.69) is 26.0 Å². The molecule has 0 aromatic heterocycles. The summed E-state index contributed by atoms with van der Waals surface area (Å²) in [6.07, 6.45) is 10.5. The van der Waals surface area contributed by atoms with Crippen LogP contribution in [0.3, 0.4) is 0 Å². The summed E-state index contributed by atoms with van der Waals surface area (Å²) in [4.78, 5) is 12.6. The maximum atomic E-state index is 12.6. The quantitative estimate of drug-likeness (QED) is 0.385. The van der Waals surface area contributed by atoms with Crippen LogP contribution in [0.5, 0.6) is 0 Å². The second kappa shape index (κ2) is 5.48. The number of aliphatic hydroxyl groups is 1. The van der Waals surface area contributed by atoms with Crippen LogP contribution < -0.4 is 0 Å². The number of ketones is 1. The number of allylic oxidation sites excluding steroid dienone is 3. The van der Waals surface area contributed by atoms with E-state index < -0.39 is 5.79 Å². The predicted octanol–water partition coefficient (Wildman–Crippen LogP) is 4.56. The SMILES string of the molecule is CC1(C)O[C@H]2[C@H](O1)[C@H]1CC(=O)C(=CO)C[C@]1(C)[C@H]1CC[C@]3(C)C=CC[C@H]3[C@H]21. The molecule has 4 aliphatic carbocycles. The average Bonchev–Trinajstić information content (AvgIpc) is 3.14. The van der Waals surface area contributed by atoms with Crippen molar-refractivity contribution < 1.29 is 19.4 Å². The molecule has 0 unspecified atom stereocenters. The van der Waals surface area contributed by atoms with Crippen molar-refractivity contribution in [2.75, 3.05) is 0 Å². The zero-order valence-corrected chi connectivity index (χ0v) is 16.9. The Balaban J connectivity index is 1.61. The van der Waals surface area contributed by atoms with E-state index in [-0.39, 0.29) is 34.7 Å². The molecule has 4 nitrogen and oxygen atoms in total. The van der Waals surface area contributed by atoms with Gasteiger partial charge in [0.15, 0.2) is 11.6 Å². The van der Waals surface area contributed by atoms with Gasteiger partial charge in [0.2, 0.25) is 0 Å². The van der Waals surface area contributed by atoms with Crippen LogP contribution in [0.4, 0.5) is 0 Å². The molecule has 4 heteroatoms. The van der Waals surface area contributed by atoms with E-state index in [0.29, 0.717) is 36.2 Å². The molecule has 27 heavy (non-hydrogen) atoms. The fourth-order valence-corrected chi connectivity index (χ4v) is 7.55. The highest BCUT2D eigenvalue weighted by Crippen LogP contribution is 2.67. The highest BCUT2D eigenvalue weighted by atomic mass is 16.8. The monoisotopic (exact) mass is 372 g/mol. The van der Waals surface area contributed by atoms with Crippen LogP contribution in [0.25, 0.3) is 0 Å². The van der Waals surface area contributed by atoms with Crippen LogP contribution in [0.1, 0.15) is 59.8 Å². The van der Waals surface area contributed by atoms with E-state index >= 15 is 0 Å². The molecule has 1 heterocycles. The number of carbonyl (C=O) groups is 1. The maximum Gasteiger partial charge on any atom is 0.163 e. The van der Waals surface area contributed by atoms with Crippen molar-refractivity contribution in [1.82, 2.24) is 0 Å². The summed E-state index contributed by atoms with van der Waals surface area (Å²) in [5.74, 6) is 1.18. The van der Waals surface area contributed by atoms with Gasteiger partial charge in [0.05, 0.1) is 18.5 Å². The molecule has 5 aliphatic rings. The molecule has 0 radical (unpaired) electrons. The fourth-order valence-electron chi connectivity index (χ4n) is 7.55. The molecule has 4 fully saturated rings. The summed E-state index contributed by atoms with van der Waals surface area (Å²) in [7, 11) is 0. The van der Waals surface area contributed by atoms with Crippen LogP contribution in [0.2, 0.25) is 0 Å². The van der Waals surface area contributed by atoms with Gasteiger partial charge in [-0.2, -0.15) is 0 Å². The minimum atomic E-state index is -0.596. The molecule has 1 N–H and O–H groups in total. The molecular weight excluding hydrogens is 340 g/mol. The van der Waals surface area contributed by atoms with E-state index in [4.69, 9.17) is 9.47 Å². The zero-order chi connectivity index (χ0) is 19.2. The molecular formula is C23H32O4. The normalized spacial score (nSPS) is 54.4. The molecule has 5 rings (SSSR count). The van der Waals surface area contributed by atoms with Crippen LogP contribution in [0, 0.1) is 34.5 Å². The van der Waals surface area contributed by atoms with Crippen LogP contribution in [-0.2, 0) is 14.3 Å². The standard InChI is InChI=1S/C23H32O4/c1-21(2)26-19-16-10-17(25)13(12-24)11-23(16,4)15-7-9-22(3)8-5-6-14(22)18(15)20(19)27-21/h5,8,12,14-16,18-20,24H,6-7,9-11H2,1-4H3/t14-,15-,16+,18-,19+,20+,22-,23+/m0/s1. The molecule has 0 bridgehead atoms. The van der Waals surface area contributed by atoms with E-state index in [1.807, 2.05) is 13.8 Å². The number of rotatable bonds is 0. The van der Waals surface area contributed by atoms with Crippen molar-refractivity contribution in [3.05, 3.63) is 24.0 Å². The minimum Gasteiger partial charge on any atom is -0.515 e. The Morgan fingerprint density at radius 1 is 1.11 bits per heavy atom. The lowest BCUT2D eigenvalue weighted by Crippen LogP contribution is -2.63. The first-order chi connectivity index (χ1) is 12.7. The lowest BCUT2D eigenvalue weighted by Gasteiger charge is -2.62. The summed E-state index contributed by atoms with van der Waals surface area (Å²) in [6.45, 7) is 8.78. The molecule has 0 amide bonds. The van der Waals surface area contributed by atoms with Crippen molar-refractivity contribution in [3.8, 4) is 0 Å². The lowest BCUT2D eigenvalue weighted by molar-refractivity contribution is -0.169. The number of fused-ring (bicyclic) bond motifs is 8. The Kier molecular flexibility index (Phi) is 3.64. The molecule has 8 atom stereocenters. The first-order valence-electron chi connectivity index (χ1n) is 10.6. The predicted molar refractivity (Wildman–Crippen MR) is 102 cm³/mol. The van der Waals surface area contributed by atoms with Crippen LogP contribution in [-0.4, -0.2) is 28.9 Å². The lowest BCUT2D eigenvalue weighted by atomic mass is 9.43. The van der Waals surface area contributed by atoms with Gasteiger partial charge in [0.25, 0.3) is 0 Å². The van der Waals surface area contributed by atoms with E-state index in [1.165, 1.54) is 6.42 Å². The van der Waals surface area contributed by atoms with Gasteiger partial charge < -0.3 is 14.6 Å². The van der Waals surface area contributed by atoms with Crippen LogP contribution >= 0.6 is 0 Å². The van der Waals surface area contributed by atoms with Crippen molar-refractivity contribution in [3.63, 3.8) is 0 Å². The molecule has 3 saturated carbocycles. The minimum absolute atomic E-state index is 0.0258. The average molecular weight is 373 g/mol. The smallest absolute Gasteiger partial charge is 0.163 e. The topological polar surface area (TPSA) is 55.8 Å². The molecule has 0 spiro atoms. The number of aliphatic hydroxyl groups excluding tert-OH is 1. The van der Waals surface area contributed by atoms with Gasteiger partial charge in [-0.15, -0.1) is 0 Å². The number of ether oxygens (including phenoxy) is 2. The molecule has 0 aromatic carbocycles. The molecule has 148 valence electrons. The first-order valence-corrected chi connectivity index (χ1v) is 10.6. The Morgan fingerprint density at radius 3 is 2.59 bits per heavy atom. The largest absolute Gasteiger partial charge is 0.515 e. The van der Waals surface area contributed by atoms with Gasteiger partial charge in [-0.1, -0.05) is 26.0 Å². The van der Waals surface area contributed by atoms with Gasteiger partial charge in [-0.25, -0.2) is 0 Å². The summed E-state index contributed by atoms with van der Waals surface area (Å²) in [5.41, 5.74) is 0.828. The Bertz CT molecular complexity index is 737. The fraction of sp³-hybridized carbons (Fsp3) is 0.783. The molecule has 1 saturated heterocycles. The van der Waals surface area contributed by atoms with E-state index in [1.54, 1.807) is 0 Å². The Morgan fingerprint density at radius 2 is 1.85 bits per heavy atom. The van der Waals surface area contributed by atoms with Gasteiger partial charge in [-0.3, -0.25) is 4.79 Å². The molecule has 0 aromatic rings. The molecule has 1 aliphatic heterocycles.